The number of nitrogens with two attached hydrogens (primary N) is 1. The van der Waals surface area contributed by atoms with Gasteiger partial charge < -0.3 is 19.8 Å². The lowest BCUT2D eigenvalue weighted by Crippen LogP contribution is -2.44. The van der Waals surface area contributed by atoms with Gasteiger partial charge in [-0.2, -0.15) is 0 Å². The van der Waals surface area contributed by atoms with Crippen LogP contribution < -0.4 is 16.2 Å². The minimum Gasteiger partial charge on any atom is -0.341 e. The van der Waals surface area contributed by atoms with Gasteiger partial charge in [0.25, 0.3) is 5.56 Å². The van der Waals surface area contributed by atoms with E-state index in [0.29, 0.717) is 18.6 Å². The summed E-state index contributed by atoms with van der Waals surface area (Å²) in [7, 11) is 0. The molecule has 1 aliphatic heterocycles. The summed E-state index contributed by atoms with van der Waals surface area (Å²) >= 11 is 0. The number of aromatic nitrogens is 4. The van der Waals surface area contributed by atoms with Crippen molar-refractivity contribution in [2.24, 2.45) is 5.73 Å². The van der Waals surface area contributed by atoms with Gasteiger partial charge in [0.05, 0.1) is 17.8 Å². The number of anilines is 1. The zero-order chi connectivity index (χ0) is 23.8. The standard InChI is InChI=1S/C28H32N6O/c29-22-10-6-15-33(18-22)28-31-24-13-16-32(19-25-23-11-5-4-9-21(23)12-14-30-25)27(35)26(24)34(28)17-20-7-2-1-3-8-20/h4-5,7,9,11-14,16,22H,1-3,6,8,10,15,17-19,29H2. The smallest absolute Gasteiger partial charge is 0.277 e. The van der Waals surface area contributed by atoms with Crippen molar-refractivity contribution in [3.63, 3.8) is 0 Å². The van der Waals surface area contributed by atoms with Gasteiger partial charge in [0.1, 0.15) is 5.52 Å². The number of rotatable bonds is 5. The molecule has 0 bridgehead atoms. The van der Waals surface area contributed by atoms with Crippen molar-refractivity contribution < 1.29 is 0 Å². The maximum atomic E-state index is 13.9. The Morgan fingerprint density at radius 2 is 1.97 bits per heavy atom. The topological polar surface area (TPSA) is 82.0 Å². The van der Waals surface area contributed by atoms with E-state index in [4.69, 9.17) is 10.7 Å². The van der Waals surface area contributed by atoms with Crippen LogP contribution in [0.15, 0.2) is 65.2 Å². The number of imidazole rings is 1. The molecular weight excluding hydrogens is 436 g/mol. The predicted octanol–water partition coefficient (Wildman–Crippen LogP) is 4.22. The summed E-state index contributed by atoms with van der Waals surface area (Å²) < 4.78 is 3.93. The molecule has 1 aliphatic carbocycles. The van der Waals surface area contributed by atoms with Gasteiger partial charge in [0, 0.05) is 43.5 Å². The van der Waals surface area contributed by atoms with E-state index in [9.17, 15) is 4.79 Å². The fraction of sp³-hybridized carbons (Fsp3) is 0.393. The molecule has 0 radical (unpaired) electrons. The molecule has 7 nitrogen and oxygen atoms in total. The molecule has 35 heavy (non-hydrogen) atoms. The van der Waals surface area contributed by atoms with Gasteiger partial charge in [0.2, 0.25) is 5.95 Å². The molecule has 4 aromatic rings. The highest BCUT2D eigenvalue weighted by atomic mass is 16.1. The average Bonchev–Trinajstić information content (AvgIpc) is 3.25. The second-order valence-electron chi connectivity index (χ2n) is 9.92. The highest BCUT2D eigenvalue weighted by Gasteiger charge is 2.25. The Morgan fingerprint density at radius 1 is 1.06 bits per heavy atom. The van der Waals surface area contributed by atoms with Gasteiger partial charge in [-0.25, -0.2) is 4.98 Å². The van der Waals surface area contributed by atoms with Gasteiger partial charge in [-0.15, -0.1) is 0 Å². The molecule has 1 aromatic carbocycles. The van der Waals surface area contributed by atoms with E-state index in [1.165, 1.54) is 18.4 Å². The summed E-state index contributed by atoms with van der Waals surface area (Å²) in [6.45, 7) is 2.83. The van der Waals surface area contributed by atoms with Crippen LogP contribution in [0.4, 0.5) is 5.95 Å². The van der Waals surface area contributed by atoms with Gasteiger partial charge in [-0.1, -0.05) is 35.9 Å². The lowest BCUT2D eigenvalue weighted by atomic mass is 9.99. The van der Waals surface area contributed by atoms with Crippen molar-refractivity contribution in [2.75, 3.05) is 18.0 Å². The molecule has 7 heteroatoms. The quantitative estimate of drug-likeness (QED) is 0.444. The Balaban J connectivity index is 1.46. The highest BCUT2D eigenvalue weighted by molar-refractivity contribution is 5.84. The number of nitrogens with zero attached hydrogens (tertiary/aromatic N) is 5. The molecule has 0 spiro atoms. The lowest BCUT2D eigenvalue weighted by molar-refractivity contribution is 0.494. The largest absolute Gasteiger partial charge is 0.341 e. The van der Waals surface area contributed by atoms with Crippen molar-refractivity contribution in [1.29, 1.82) is 0 Å². The van der Waals surface area contributed by atoms with Gasteiger partial charge >= 0.3 is 0 Å². The van der Waals surface area contributed by atoms with Gasteiger partial charge in [-0.3, -0.25) is 9.78 Å². The van der Waals surface area contributed by atoms with Crippen LogP contribution >= 0.6 is 0 Å². The maximum absolute atomic E-state index is 13.9. The minimum atomic E-state index is -0.0197. The molecule has 0 amide bonds. The first-order valence-electron chi connectivity index (χ1n) is 12.8. The zero-order valence-electron chi connectivity index (χ0n) is 20.1. The molecule has 180 valence electrons. The summed E-state index contributed by atoms with van der Waals surface area (Å²) in [5, 5.41) is 2.20. The first-order valence-corrected chi connectivity index (χ1v) is 12.8. The average molecular weight is 469 g/mol. The van der Waals surface area contributed by atoms with E-state index in [1.807, 2.05) is 36.7 Å². The number of piperidine rings is 1. The normalized spacial score (nSPS) is 18.8. The molecule has 1 unspecified atom stereocenters. The maximum Gasteiger partial charge on any atom is 0.277 e. The minimum absolute atomic E-state index is 0.0197. The fourth-order valence-corrected chi connectivity index (χ4v) is 5.59. The number of hydrogen-bond acceptors (Lipinski definition) is 5. The molecule has 2 N–H and O–H groups in total. The van der Waals surface area contributed by atoms with E-state index >= 15 is 0 Å². The number of pyridine rings is 2. The second-order valence-corrected chi connectivity index (χ2v) is 9.92. The molecule has 6 rings (SSSR count). The van der Waals surface area contributed by atoms with E-state index < -0.39 is 0 Å². The van der Waals surface area contributed by atoms with Crippen molar-refractivity contribution in [3.8, 4) is 0 Å². The van der Waals surface area contributed by atoms with Crippen LogP contribution in [-0.2, 0) is 13.1 Å². The second kappa shape index (κ2) is 9.30. The number of allylic oxidation sites excluding steroid dienone is 2. The third-order valence-electron chi connectivity index (χ3n) is 7.41. The van der Waals surface area contributed by atoms with Crippen LogP contribution in [0.25, 0.3) is 21.8 Å². The highest BCUT2D eigenvalue weighted by Crippen LogP contribution is 2.27. The number of fused-ring (bicyclic) bond motifs is 2. The van der Waals surface area contributed by atoms with Gasteiger partial charge in [0.15, 0.2) is 0 Å². The van der Waals surface area contributed by atoms with Crippen LogP contribution in [0.2, 0.25) is 0 Å². The first-order chi connectivity index (χ1) is 17.2. The van der Waals surface area contributed by atoms with Gasteiger partial charge in [-0.05, 0) is 56.0 Å². The molecule has 1 atom stereocenters. The third kappa shape index (κ3) is 4.25. The summed E-state index contributed by atoms with van der Waals surface area (Å²) in [5.41, 5.74) is 10.0. The van der Waals surface area contributed by atoms with Crippen LogP contribution in [0.3, 0.4) is 0 Å². The Morgan fingerprint density at radius 3 is 2.83 bits per heavy atom. The summed E-state index contributed by atoms with van der Waals surface area (Å²) in [6, 6.07) is 12.3. The lowest BCUT2D eigenvalue weighted by Gasteiger charge is -2.32. The number of benzene rings is 1. The Hall–Kier alpha value is -3.45. The Kier molecular flexibility index (Phi) is 5.86. The third-order valence-corrected chi connectivity index (χ3v) is 7.41. The summed E-state index contributed by atoms with van der Waals surface area (Å²) in [4.78, 5) is 25.8. The number of hydrogen-bond donors (Lipinski definition) is 1. The van der Waals surface area contributed by atoms with Crippen molar-refractivity contribution >= 4 is 27.8 Å². The van der Waals surface area contributed by atoms with Crippen molar-refractivity contribution in [3.05, 3.63) is 76.5 Å². The SMILES string of the molecule is NC1CCCN(c2nc3ccn(Cc4nccc5ccccc45)c(=O)c3n2CC2=CCCCC2)C1. The van der Waals surface area contributed by atoms with E-state index in [1.54, 1.807) is 4.57 Å². The monoisotopic (exact) mass is 468 g/mol. The predicted molar refractivity (Wildman–Crippen MR) is 141 cm³/mol. The van der Waals surface area contributed by atoms with Crippen LogP contribution in [-0.4, -0.2) is 38.2 Å². The molecule has 3 aromatic heterocycles. The van der Waals surface area contributed by atoms with Crippen LogP contribution in [0.1, 0.15) is 44.2 Å². The summed E-state index contributed by atoms with van der Waals surface area (Å²) in [5.74, 6) is 0.875. The van der Waals surface area contributed by atoms with Crippen LogP contribution in [0, 0.1) is 0 Å². The molecule has 4 heterocycles. The molecular formula is C28H32N6O. The molecule has 1 saturated heterocycles. The van der Waals surface area contributed by atoms with Crippen molar-refractivity contribution in [1.82, 2.24) is 19.1 Å². The van der Waals surface area contributed by atoms with Crippen molar-refractivity contribution in [2.45, 2.75) is 57.7 Å². The van der Waals surface area contributed by atoms with E-state index in [-0.39, 0.29) is 11.6 Å². The molecule has 2 aliphatic rings. The Labute approximate surface area is 204 Å². The zero-order valence-corrected chi connectivity index (χ0v) is 20.1. The molecule has 1 fully saturated rings. The van der Waals surface area contributed by atoms with E-state index in [0.717, 1.165) is 66.7 Å². The van der Waals surface area contributed by atoms with Crippen LogP contribution in [0.5, 0.6) is 0 Å². The summed E-state index contributed by atoms with van der Waals surface area (Å²) in [6.07, 6.45) is 12.8. The Bertz CT molecular complexity index is 1460. The fourth-order valence-electron chi connectivity index (χ4n) is 5.59. The van der Waals surface area contributed by atoms with E-state index in [2.05, 4.69) is 32.7 Å². The first kappa shape index (κ1) is 22.0. The molecule has 0 saturated carbocycles.